The van der Waals surface area contributed by atoms with Gasteiger partial charge in [-0.1, -0.05) is 136 Å². The summed E-state index contributed by atoms with van der Waals surface area (Å²) in [6.07, 6.45) is 24.0. The zero-order valence-corrected chi connectivity index (χ0v) is 31.4. The van der Waals surface area contributed by atoms with E-state index in [1.807, 2.05) is 6.08 Å². The van der Waals surface area contributed by atoms with Gasteiger partial charge in [0.25, 0.3) is 0 Å². The van der Waals surface area contributed by atoms with E-state index in [4.69, 9.17) is 19.3 Å². The molecule has 0 heterocycles. The summed E-state index contributed by atoms with van der Waals surface area (Å²) >= 11 is 0. The summed E-state index contributed by atoms with van der Waals surface area (Å²) in [5.41, 5.74) is 0. The minimum atomic E-state index is -4.78. The Morgan fingerprint density at radius 2 is 1.17 bits per heavy atom. The van der Waals surface area contributed by atoms with Crippen LogP contribution < -0.4 is 0 Å². The Balaban J connectivity index is 4.08. The van der Waals surface area contributed by atoms with Crippen LogP contribution >= 0.6 is 7.82 Å². The number of aliphatic hydroxyl groups is 2. The number of hydrogen-bond acceptors (Lipinski definition) is 8. The van der Waals surface area contributed by atoms with Crippen LogP contribution in [0.5, 0.6) is 0 Å². The number of unbranched alkanes of at least 4 members (excludes halogenated alkanes) is 16. The number of carbonyl (C=O) groups is 2. The average Bonchev–Trinajstić information content (AvgIpc) is 3.03. The first kappa shape index (κ1) is 46.7. The smallest absolute Gasteiger partial charge is 0.462 e. The highest BCUT2D eigenvalue weighted by Crippen LogP contribution is 2.36. The molecule has 0 radical (unpaired) electrons. The predicted molar refractivity (Wildman–Crippen MR) is 191 cm³/mol. The fraction of sp³-hybridized carbons (Fsp3) is 0.892. The molecule has 0 aliphatic carbocycles. The molecule has 0 aliphatic heterocycles. The summed E-state index contributed by atoms with van der Waals surface area (Å²) in [6.45, 7) is 5.79. The number of phosphoric acid groups is 1. The molecule has 48 heavy (non-hydrogen) atoms. The van der Waals surface area contributed by atoms with Crippen LogP contribution in [0.25, 0.3) is 0 Å². The normalized spacial score (nSPS) is 14.0. The Labute approximate surface area is 292 Å². The second-order valence-electron chi connectivity index (χ2n) is 13.7. The van der Waals surface area contributed by atoms with Crippen LogP contribution in [0.15, 0.2) is 12.2 Å². The number of hydrogen-bond donors (Lipinski definition) is 4. The Kier molecular flexibility index (Phi) is 30.8. The van der Waals surface area contributed by atoms with Crippen molar-refractivity contribution in [2.75, 3.05) is 13.2 Å². The molecule has 0 aliphatic rings. The predicted octanol–water partition coefficient (Wildman–Crippen LogP) is 8.87. The van der Waals surface area contributed by atoms with Crippen LogP contribution in [-0.4, -0.2) is 63.5 Å². The van der Waals surface area contributed by atoms with E-state index in [1.165, 1.54) is 57.8 Å². The van der Waals surface area contributed by atoms with Crippen LogP contribution in [0, 0.1) is 5.92 Å². The van der Waals surface area contributed by atoms with Gasteiger partial charge >= 0.3 is 19.8 Å². The quantitative estimate of drug-likeness (QED) is 0.0220. The molecule has 0 aromatic carbocycles. The van der Waals surface area contributed by atoms with Gasteiger partial charge in [-0.25, -0.2) is 4.57 Å². The van der Waals surface area contributed by atoms with Crippen LogP contribution in [0.1, 0.15) is 175 Å². The minimum absolute atomic E-state index is 0.171. The van der Waals surface area contributed by atoms with Crippen LogP contribution in [-0.2, 0) is 28.2 Å². The van der Waals surface area contributed by atoms with Crippen LogP contribution in [0.4, 0.5) is 0 Å². The van der Waals surface area contributed by atoms with Crippen molar-refractivity contribution in [2.24, 2.45) is 5.92 Å². The minimum Gasteiger partial charge on any atom is -0.462 e. The highest BCUT2D eigenvalue weighted by Gasteiger charge is 2.23. The Bertz CT molecular complexity index is 844. The molecule has 284 valence electrons. The van der Waals surface area contributed by atoms with E-state index in [0.29, 0.717) is 25.7 Å². The number of carbonyl (C=O) groups excluding carboxylic acids is 2. The first-order chi connectivity index (χ1) is 22.9. The molecule has 0 saturated heterocycles. The Morgan fingerprint density at radius 1 is 0.646 bits per heavy atom. The highest BCUT2D eigenvalue weighted by molar-refractivity contribution is 7.46. The van der Waals surface area contributed by atoms with Gasteiger partial charge in [0.1, 0.15) is 6.61 Å². The van der Waals surface area contributed by atoms with Gasteiger partial charge in [-0.15, -0.1) is 0 Å². The standard InChI is InChI=1S/C37H71O10P/c1-4-5-6-7-16-21-26-34(38)35(39)27-22-17-14-19-23-28-36(40)45-30-33(31-46-48(42,43)44)47-37(41)29-24-18-13-11-9-8-10-12-15-20-25-32(2)3/h16,21,32-35,38-39H,4-15,17-20,22-31H2,1-3H3,(H2,42,43,44)/b21-16-/t33-,34-,35-/m1/s1. The van der Waals surface area contributed by atoms with E-state index < -0.39 is 44.7 Å². The van der Waals surface area contributed by atoms with Crippen molar-refractivity contribution >= 4 is 19.8 Å². The molecule has 0 spiro atoms. The van der Waals surface area contributed by atoms with Gasteiger partial charge in [-0.05, 0) is 44.4 Å². The largest absolute Gasteiger partial charge is 0.469 e. The summed E-state index contributed by atoms with van der Waals surface area (Å²) in [5, 5.41) is 20.3. The van der Waals surface area contributed by atoms with Crippen LogP contribution in [0.3, 0.4) is 0 Å². The maximum absolute atomic E-state index is 12.3. The van der Waals surface area contributed by atoms with E-state index in [2.05, 4.69) is 31.4 Å². The number of rotatable bonds is 34. The van der Waals surface area contributed by atoms with Crippen molar-refractivity contribution in [2.45, 2.75) is 193 Å². The number of aliphatic hydroxyl groups excluding tert-OH is 2. The van der Waals surface area contributed by atoms with Crippen molar-refractivity contribution in [3.05, 3.63) is 12.2 Å². The molecular weight excluding hydrogens is 635 g/mol. The summed E-state index contributed by atoms with van der Waals surface area (Å²) in [5.74, 6) is -0.207. The first-order valence-corrected chi connectivity index (χ1v) is 20.5. The van der Waals surface area contributed by atoms with Crippen molar-refractivity contribution in [1.82, 2.24) is 0 Å². The molecule has 11 heteroatoms. The van der Waals surface area contributed by atoms with Gasteiger partial charge in [-0.2, -0.15) is 0 Å². The molecular formula is C37H71O10P. The molecule has 0 bridgehead atoms. The lowest BCUT2D eigenvalue weighted by atomic mass is 10.0. The summed E-state index contributed by atoms with van der Waals surface area (Å²) < 4.78 is 26.2. The molecule has 0 saturated carbocycles. The fourth-order valence-electron chi connectivity index (χ4n) is 5.40. The SMILES string of the molecule is CCCCC/C=C\C[C@@H](O)[C@H](O)CCCCCCCC(=O)OC[C@H](COP(=O)(O)O)OC(=O)CCCCCCCCCCCCC(C)C. The third kappa shape index (κ3) is 33.2. The van der Waals surface area contributed by atoms with E-state index in [-0.39, 0.29) is 19.4 Å². The van der Waals surface area contributed by atoms with E-state index in [0.717, 1.165) is 63.7 Å². The van der Waals surface area contributed by atoms with Crippen LogP contribution in [0.2, 0.25) is 0 Å². The summed E-state index contributed by atoms with van der Waals surface area (Å²) in [4.78, 5) is 42.7. The lowest BCUT2D eigenvalue weighted by Crippen LogP contribution is -2.29. The molecule has 3 atom stereocenters. The topological polar surface area (TPSA) is 160 Å². The third-order valence-electron chi connectivity index (χ3n) is 8.41. The molecule has 0 rings (SSSR count). The number of phosphoric ester groups is 1. The summed E-state index contributed by atoms with van der Waals surface area (Å²) in [6, 6.07) is 0. The van der Waals surface area contributed by atoms with E-state index >= 15 is 0 Å². The van der Waals surface area contributed by atoms with Crippen molar-refractivity contribution in [1.29, 1.82) is 0 Å². The van der Waals surface area contributed by atoms with Gasteiger partial charge in [0.15, 0.2) is 6.10 Å². The maximum atomic E-state index is 12.3. The molecule has 0 aromatic rings. The van der Waals surface area contributed by atoms with Gasteiger partial charge < -0.3 is 29.5 Å². The molecule has 0 amide bonds. The summed E-state index contributed by atoms with van der Waals surface area (Å²) in [7, 11) is -4.78. The average molecular weight is 707 g/mol. The maximum Gasteiger partial charge on any atom is 0.469 e. The van der Waals surface area contributed by atoms with E-state index in [1.54, 1.807) is 0 Å². The Morgan fingerprint density at radius 3 is 1.71 bits per heavy atom. The first-order valence-electron chi connectivity index (χ1n) is 19.0. The molecule has 4 N–H and O–H groups in total. The van der Waals surface area contributed by atoms with Gasteiger partial charge in [-0.3, -0.25) is 14.1 Å². The van der Waals surface area contributed by atoms with E-state index in [9.17, 15) is 24.4 Å². The van der Waals surface area contributed by atoms with Gasteiger partial charge in [0.05, 0.1) is 18.8 Å². The number of esters is 2. The molecule has 10 nitrogen and oxygen atoms in total. The lowest BCUT2D eigenvalue weighted by Gasteiger charge is -2.18. The fourth-order valence-corrected chi connectivity index (χ4v) is 5.76. The molecule has 0 aromatic heterocycles. The third-order valence-corrected chi connectivity index (χ3v) is 8.90. The lowest BCUT2D eigenvalue weighted by molar-refractivity contribution is -0.161. The van der Waals surface area contributed by atoms with Gasteiger partial charge in [0.2, 0.25) is 0 Å². The monoisotopic (exact) mass is 706 g/mol. The second kappa shape index (κ2) is 31.7. The highest BCUT2D eigenvalue weighted by atomic mass is 31.2. The second-order valence-corrected chi connectivity index (χ2v) is 14.9. The van der Waals surface area contributed by atoms with Crippen molar-refractivity contribution in [3.8, 4) is 0 Å². The van der Waals surface area contributed by atoms with Crippen molar-refractivity contribution < 1.29 is 48.2 Å². The van der Waals surface area contributed by atoms with Gasteiger partial charge in [0, 0.05) is 12.8 Å². The Hall–Kier alpha value is -1.29. The zero-order chi connectivity index (χ0) is 35.9. The number of allylic oxidation sites excluding steroid dienone is 1. The van der Waals surface area contributed by atoms with Crippen molar-refractivity contribution in [3.63, 3.8) is 0 Å². The number of ether oxygens (including phenoxy) is 2. The zero-order valence-electron chi connectivity index (χ0n) is 30.5. The molecule has 0 fully saturated rings. The molecule has 0 unspecified atom stereocenters.